The van der Waals surface area contributed by atoms with Crippen LogP contribution in [0.1, 0.15) is 51.4 Å². The van der Waals surface area contributed by atoms with Gasteiger partial charge in [0.25, 0.3) is 23.6 Å². The van der Waals surface area contributed by atoms with E-state index in [1.807, 2.05) is 0 Å². The molecule has 12 heteroatoms. The van der Waals surface area contributed by atoms with E-state index in [4.69, 9.17) is 0 Å². The fourth-order valence-corrected chi connectivity index (χ4v) is 5.76. The van der Waals surface area contributed by atoms with Crippen LogP contribution in [-0.2, 0) is 28.8 Å². The summed E-state index contributed by atoms with van der Waals surface area (Å²) in [6, 6.07) is 4.03. The number of nitrogens with zero attached hydrogens (tertiary/aromatic N) is 2. The first kappa shape index (κ1) is 26.0. The quantitative estimate of drug-likeness (QED) is 0.297. The van der Waals surface area contributed by atoms with Crippen LogP contribution in [0.25, 0.3) is 0 Å². The van der Waals surface area contributed by atoms with E-state index in [0.29, 0.717) is 37.3 Å². The first-order valence-electron chi connectivity index (χ1n) is 13.4. The lowest BCUT2D eigenvalue weighted by Crippen LogP contribution is -2.98. The van der Waals surface area contributed by atoms with Gasteiger partial charge in [0, 0.05) is 25.9 Å². The molecule has 0 bridgehead atoms. The highest BCUT2D eigenvalue weighted by atomic mass is 16.2. The van der Waals surface area contributed by atoms with Gasteiger partial charge in [0.15, 0.2) is 24.2 Å². The molecule has 6 N–H and O–H groups in total. The summed E-state index contributed by atoms with van der Waals surface area (Å²) in [6.45, 7) is 1.24. The second-order valence-corrected chi connectivity index (χ2v) is 10.4. The van der Waals surface area contributed by atoms with E-state index in [9.17, 15) is 28.8 Å². The molecule has 0 unspecified atom stereocenters. The molecule has 4 heterocycles. The summed E-state index contributed by atoms with van der Waals surface area (Å²) in [4.78, 5) is 78.5. The molecule has 202 valence electrons. The van der Waals surface area contributed by atoms with Crippen LogP contribution < -0.4 is 31.1 Å². The highest BCUT2D eigenvalue weighted by molar-refractivity contribution is 6.23. The molecule has 0 aliphatic carbocycles. The van der Waals surface area contributed by atoms with Crippen LogP contribution in [-0.4, -0.2) is 72.7 Å². The van der Waals surface area contributed by atoms with E-state index in [-0.39, 0.29) is 48.3 Å². The average molecular weight is 527 g/mol. The number of imide groups is 2. The van der Waals surface area contributed by atoms with Crippen LogP contribution >= 0.6 is 0 Å². The average Bonchev–Trinajstić information content (AvgIpc) is 3.12. The van der Waals surface area contributed by atoms with Gasteiger partial charge in [-0.05, 0) is 49.9 Å². The van der Waals surface area contributed by atoms with Crippen molar-refractivity contribution in [1.82, 2.24) is 10.6 Å². The maximum absolute atomic E-state index is 13.1. The molecule has 0 aromatic heterocycles. The van der Waals surface area contributed by atoms with Crippen LogP contribution in [0.4, 0.5) is 11.4 Å². The Morgan fingerprint density at radius 3 is 1.37 bits per heavy atom. The molecular formula is C26H34N6O6+2. The molecule has 4 aliphatic heterocycles. The van der Waals surface area contributed by atoms with Crippen molar-refractivity contribution in [1.29, 1.82) is 0 Å². The molecule has 12 nitrogen and oxygen atoms in total. The molecule has 0 radical (unpaired) electrons. The maximum atomic E-state index is 13.1. The number of rotatable bonds is 6. The minimum atomic E-state index is -0.671. The molecule has 6 amide bonds. The third-order valence-corrected chi connectivity index (χ3v) is 7.81. The van der Waals surface area contributed by atoms with E-state index in [1.165, 1.54) is 0 Å². The third-order valence-electron chi connectivity index (χ3n) is 7.81. The van der Waals surface area contributed by atoms with Gasteiger partial charge in [0.05, 0.1) is 24.2 Å². The van der Waals surface area contributed by atoms with Crippen molar-refractivity contribution in [3.8, 4) is 0 Å². The zero-order valence-corrected chi connectivity index (χ0v) is 21.2. The van der Waals surface area contributed by atoms with Crippen molar-refractivity contribution < 1.29 is 39.4 Å². The molecule has 4 aliphatic rings. The van der Waals surface area contributed by atoms with Gasteiger partial charge in [-0.25, -0.2) is 9.80 Å². The van der Waals surface area contributed by atoms with Crippen LogP contribution in [0.2, 0.25) is 0 Å². The van der Waals surface area contributed by atoms with Crippen molar-refractivity contribution in [2.45, 2.75) is 75.5 Å². The van der Waals surface area contributed by atoms with E-state index in [1.54, 1.807) is 34.9 Å². The van der Waals surface area contributed by atoms with Crippen LogP contribution in [0, 0.1) is 0 Å². The molecular weight excluding hydrogens is 492 g/mol. The second-order valence-electron chi connectivity index (χ2n) is 10.4. The Hall–Kier alpha value is -3.64. The zero-order chi connectivity index (χ0) is 26.8. The zero-order valence-electron chi connectivity index (χ0n) is 21.2. The first-order valence-corrected chi connectivity index (χ1v) is 13.4. The Bertz CT molecular complexity index is 1060. The summed E-state index contributed by atoms with van der Waals surface area (Å²) in [7, 11) is 0. The van der Waals surface area contributed by atoms with Gasteiger partial charge in [-0.15, -0.1) is 0 Å². The van der Waals surface area contributed by atoms with E-state index in [0.717, 1.165) is 35.5 Å². The Balaban J connectivity index is 1.25. The van der Waals surface area contributed by atoms with Crippen LogP contribution in [0.3, 0.4) is 0 Å². The SMILES string of the molecule is O=C1NCCCC[C@@H]1[NH2+][C@@H]1CC(=O)N(c2ccc(N3C(=O)C[C@H]([NH2+][C@@H]4CCCCNC4=O)C3=O)cc2)C1=O. The first-order chi connectivity index (χ1) is 18.3. The fourth-order valence-electron chi connectivity index (χ4n) is 5.76. The third kappa shape index (κ3) is 5.18. The lowest BCUT2D eigenvalue weighted by Gasteiger charge is -2.19. The number of hydrogen-bond acceptors (Lipinski definition) is 6. The van der Waals surface area contributed by atoms with Crippen molar-refractivity contribution in [2.24, 2.45) is 0 Å². The molecule has 1 aromatic rings. The number of hydrogen-bond donors (Lipinski definition) is 4. The van der Waals surface area contributed by atoms with Gasteiger partial charge in [-0.3, -0.25) is 28.8 Å². The fraction of sp³-hybridized carbons (Fsp3) is 0.538. The van der Waals surface area contributed by atoms with Crippen molar-refractivity contribution in [3.63, 3.8) is 0 Å². The van der Waals surface area contributed by atoms with Crippen LogP contribution in [0.15, 0.2) is 24.3 Å². The number of carbonyl (C=O) groups is 6. The number of carbonyl (C=O) groups excluding carboxylic acids is 6. The second kappa shape index (κ2) is 11.0. The molecule has 1 aromatic carbocycles. The smallest absolute Gasteiger partial charge is 0.292 e. The number of amides is 6. The normalized spacial score (nSPS) is 28.8. The van der Waals surface area contributed by atoms with Crippen molar-refractivity contribution in [2.75, 3.05) is 22.9 Å². The molecule has 0 spiro atoms. The Kier molecular flexibility index (Phi) is 7.52. The minimum Gasteiger partial charge on any atom is -0.351 e. The topological polar surface area (TPSA) is 166 Å². The van der Waals surface area contributed by atoms with Crippen LogP contribution in [0.5, 0.6) is 0 Å². The Labute approximate surface area is 219 Å². The Morgan fingerprint density at radius 1 is 0.579 bits per heavy atom. The van der Waals surface area contributed by atoms with E-state index < -0.39 is 24.2 Å². The summed E-state index contributed by atoms with van der Waals surface area (Å²) in [6.07, 6.45) is 4.84. The number of nitrogens with two attached hydrogens (primary N) is 2. The number of quaternary nitrogens is 2. The standard InChI is InChI=1S/C26H32N6O6/c33-21-13-19(29-17-5-1-3-11-27-23(17)35)25(37)31(21)15-7-9-16(10-8-15)32-22(34)14-20(26(32)38)30-18-6-2-4-12-28-24(18)36/h7-10,17-20,29-30H,1-6,11-14H2,(H,27,35)(H,28,36)/p+2/t17-,18+,19+,20-. The molecule has 0 saturated carbocycles. The molecule has 4 atom stereocenters. The summed E-state index contributed by atoms with van der Waals surface area (Å²) < 4.78 is 0. The van der Waals surface area contributed by atoms with Crippen molar-refractivity contribution >= 4 is 46.8 Å². The summed E-state index contributed by atoms with van der Waals surface area (Å²) in [5.74, 6) is -1.71. The lowest BCUT2D eigenvalue weighted by molar-refractivity contribution is -0.696. The predicted octanol–water partition coefficient (Wildman–Crippen LogP) is -2.59. The van der Waals surface area contributed by atoms with Gasteiger partial charge in [0.1, 0.15) is 0 Å². The molecule has 5 rings (SSSR count). The summed E-state index contributed by atoms with van der Waals surface area (Å²) in [5.41, 5.74) is 0.699. The largest absolute Gasteiger partial charge is 0.351 e. The highest BCUT2D eigenvalue weighted by Gasteiger charge is 2.46. The molecule has 4 saturated heterocycles. The Morgan fingerprint density at radius 2 is 0.974 bits per heavy atom. The lowest BCUT2D eigenvalue weighted by atomic mass is 10.1. The number of anilines is 2. The summed E-state index contributed by atoms with van der Waals surface area (Å²) >= 11 is 0. The van der Waals surface area contributed by atoms with Gasteiger partial charge < -0.3 is 21.3 Å². The number of nitrogens with one attached hydrogen (secondary N) is 2. The van der Waals surface area contributed by atoms with Gasteiger partial charge in [-0.1, -0.05) is 0 Å². The highest BCUT2D eigenvalue weighted by Crippen LogP contribution is 2.27. The minimum absolute atomic E-state index is 0.000277. The molecule has 38 heavy (non-hydrogen) atoms. The number of benzene rings is 1. The maximum Gasteiger partial charge on any atom is 0.292 e. The monoisotopic (exact) mass is 526 g/mol. The van der Waals surface area contributed by atoms with Gasteiger partial charge in [0.2, 0.25) is 11.8 Å². The van der Waals surface area contributed by atoms with E-state index >= 15 is 0 Å². The van der Waals surface area contributed by atoms with Gasteiger partial charge >= 0.3 is 0 Å². The summed E-state index contributed by atoms with van der Waals surface area (Å²) in [5, 5.41) is 9.09. The van der Waals surface area contributed by atoms with E-state index in [2.05, 4.69) is 10.6 Å². The van der Waals surface area contributed by atoms with Crippen molar-refractivity contribution in [3.05, 3.63) is 24.3 Å². The van der Waals surface area contributed by atoms with Gasteiger partial charge in [-0.2, -0.15) is 0 Å². The predicted molar refractivity (Wildman–Crippen MR) is 133 cm³/mol. The molecule has 4 fully saturated rings.